The molecule has 18 heavy (non-hydrogen) atoms. The molecule has 96 valence electrons. The molecular formula is C14H17BrN2O. The predicted octanol–water partition coefficient (Wildman–Crippen LogP) is 3.85. The molecule has 0 aliphatic rings. The molecule has 2 aromatic rings. The molecule has 0 aliphatic carbocycles. The molecule has 1 aromatic heterocycles. The highest BCUT2D eigenvalue weighted by molar-refractivity contribution is 9.10. The summed E-state index contributed by atoms with van der Waals surface area (Å²) in [5, 5.41) is 3.40. The Bertz CT molecular complexity index is 493. The van der Waals surface area contributed by atoms with E-state index in [1.807, 2.05) is 12.1 Å². The molecule has 0 fully saturated rings. The molecule has 1 aromatic carbocycles. The Morgan fingerprint density at radius 1 is 1.33 bits per heavy atom. The topological polar surface area (TPSA) is 38.1 Å². The summed E-state index contributed by atoms with van der Waals surface area (Å²) in [4.78, 5) is 4.23. The summed E-state index contributed by atoms with van der Waals surface area (Å²) in [6, 6.07) is 8.58. The fraction of sp³-hybridized carbons (Fsp3) is 0.357. The number of hydrogen-bond donors (Lipinski definition) is 1. The number of oxazole rings is 1. The molecule has 2 rings (SSSR count). The van der Waals surface area contributed by atoms with Crippen molar-refractivity contribution in [1.29, 1.82) is 0 Å². The summed E-state index contributed by atoms with van der Waals surface area (Å²) in [6.07, 6.45) is 2.68. The van der Waals surface area contributed by atoms with Gasteiger partial charge in [-0.15, -0.1) is 0 Å². The minimum atomic E-state index is 0.273. The smallest absolute Gasteiger partial charge is 0.208 e. The number of benzene rings is 1. The van der Waals surface area contributed by atoms with Gasteiger partial charge in [0.25, 0.3) is 0 Å². The highest BCUT2D eigenvalue weighted by Gasteiger charge is 2.07. The van der Waals surface area contributed by atoms with E-state index in [1.165, 1.54) is 5.56 Å². The minimum absolute atomic E-state index is 0.273. The highest BCUT2D eigenvalue weighted by atomic mass is 79.9. The van der Waals surface area contributed by atoms with Gasteiger partial charge in [-0.1, -0.05) is 35.0 Å². The number of nitrogens with one attached hydrogen (secondary N) is 1. The zero-order chi connectivity index (χ0) is 13.0. The fourth-order valence-electron chi connectivity index (χ4n) is 1.70. The summed E-state index contributed by atoms with van der Waals surface area (Å²) in [6.45, 7) is 4.84. The van der Waals surface area contributed by atoms with Crippen LogP contribution in [0.3, 0.4) is 0 Å². The van der Waals surface area contributed by atoms with Crippen molar-refractivity contribution in [3.63, 3.8) is 0 Å². The van der Waals surface area contributed by atoms with Gasteiger partial charge in [-0.2, -0.15) is 0 Å². The van der Waals surface area contributed by atoms with Gasteiger partial charge < -0.3 is 9.73 Å². The Kier molecular flexibility index (Phi) is 4.55. The number of hydrogen-bond acceptors (Lipinski definition) is 3. The summed E-state index contributed by atoms with van der Waals surface area (Å²) in [5.74, 6) is 1.68. The molecular weight excluding hydrogens is 292 g/mol. The van der Waals surface area contributed by atoms with E-state index in [0.29, 0.717) is 6.54 Å². The monoisotopic (exact) mass is 308 g/mol. The first-order valence-electron chi connectivity index (χ1n) is 6.11. The van der Waals surface area contributed by atoms with Crippen LogP contribution >= 0.6 is 15.9 Å². The van der Waals surface area contributed by atoms with E-state index in [9.17, 15) is 0 Å². The van der Waals surface area contributed by atoms with E-state index in [0.717, 1.165) is 22.5 Å². The number of rotatable bonds is 5. The first kappa shape index (κ1) is 13.3. The van der Waals surface area contributed by atoms with E-state index in [4.69, 9.17) is 4.42 Å². The van der Waals surface area contributed by atoms with E-state index < -0.39 is 0 Å². The Morgan fingerprint density at radius 2 is 2.06 bits per heavy atom. The number of halogens is 1. The second-order valence-corrected chi connectivity index (χ2v) is 5.14. The minimum Gasteiger partial charge on any atom is -0.444 e. The second kappa shape index (κ2) is 6.16. The second-order valence-electron chi connectivity index (χ2n) is 4.23. The molecule has 0 aliphatic heterocycles. The molecule has 0 radical (unpaired) electrons. The molecule has 4 heteroatoms. The van der Waals surface area contributed by atoms with E-state index in [1.54, 1.807) is 6.20 Å². The molecule has 0 saturated carbocycles. The van der Waals surface area contributed by atoms with Gasteiger partial charge in [0.15, 0.2) is 0 Å². The summed E-state index contributed by atoms with van der Waals surface area (Å²) < 4.78 is 6.65. The van der Waals surface area contributed by atoms with Crippen LogP contribution in [0.5, 0.6) is 0 Å². The van der Waals surface area contributed by atoms with E-state index >= 15 is 0 Å². The van der Waals surface area contributed by atoms with Crippen LogP contribution in [0.15, 0.2) is 39.4 Å². The summed E-state index contributed by atoms with van der Waals surface area (Å²) in [5.41, 5.74) is 1.25. The SMILES string of the molecule is CCc1cnc(CNC(C)c2ccc(Br)cc2)o1. The molecule has 0 spiro atoms. The Balaban J connectivity index is 1.91. The third-order valence-electron chi connectivity index (χ3n) is 2.88. The Morgan fingerprint density at radius 3 is 2.67 bits per heavy atom. The van der Waals surface area contributed by atoms with Crippen LogP contribution in [-0.4, -0.2) is 4.98 Å². The average molecular weight is 309 g/mol. The van der Waals surface area contributed by atoms with Crippen molar-refractivity contribution in [3.8, 4) is 0 Å². The van der Waals surface area contributed by atoms with Crippen molar-refractivity contribution in [2.45, 2.75) is 32.9 Å². The zero-order valence-electron chi connectivity index (χ0n) is 10.6. The van der Waals surface area contributed by atoms with Crippen molar-refractivity contribution in [1.82, 2.24) is 10.3 Å². The van der Waals surface area contributed by atoms with Crippen LogP contribution < -0.4 is 5.32 Å². The van der Waals surface area contributed by atoms with Crippen LogP contribution in [0.25, 0.3) is 0 Å². The van der Waals surface area contributed by atoms with Crippen LogP contribution in [0.4, 0.5) is 0 Å². The number of aromatic nitrogens is 1. The molecule has 0 bridgehead atoms. The van der Waals surface area contributed by atoms with Crippen LogP contribution in [0, 0.1) is 0 Å². The van der Waals surface area contributed by atoms with Gasteiger partial charge in [0.1, 0.15) is 5.76 Å². The average Bonchev–Trinajstić information content (AvgIpc) is 2.85. The zero-order valence-corrected chi connectivity index (χ0v) is 12.2. The molecule has 1 N–H and O–H groups in total. The Hall–Kier alpha value is -1.13. The van der Waals surface area contributed by atoms with Crippen molar-refractivity contribution in [3.05, 3.63) is 52.1 Å². The number of nitrogens with zero attached hydrogens (tertiary/aromatic N) is 1. The lowest BCUT2D eigenvalue weighted by molar-refractivity contribution is 0.424. The van der Waals surface area contributed by atoms with E-state index in [-0.39, 0.29) is 6.04 Å². The molecule has 1 heterocycles. The van der Waals surface area contributed by atoms with Gasteiger partial charge in [-0.25, -0.2) is 4.98 Å². The number of aryl methyl sites for hydroxylation is 1. The normalized spacial score (nSPS) is 12.6. The van der Waals surface area contributed by atoms with Gasteiger partial charge in [-0.3, -0.25) is 0 Å². The highest BCUT2D eigenvalue weighted by Crippen LogP contribution is 2.17. The van der Waals surface area contributed by atoms with Crippen LogP contribution in [-0.2, 0) is 13.0 Å². The fourth-order valence-corrected chi connectivity index (χ4v) is 1.97. The molecule has 0 amide bonds. The van der Waals surface area contributed by atoms with Gasteiger partial charge in [0.2, 0.25) is 5.89 Å². The van der Waals surface area contributed by atoms with Gasteiger partial charge in [-0.05, 0) is 24.6 Å². The maximum atomic E-state index is 5.56. The third kappa shape index (κ3) is 3.43. The molecule has 1 atom stereocenters. The van der Waals surface area contributed by atoms with Crippen LogP contribution in [0.1, 0.15) is 37.1 Å². The van der Waals surface area contributed by atoms with Gasteiger partial charge in [0.05, 0.1) is 12.7 Å². The summed E-state index contributed by atoms with van der Waals surface area (Å²) >= 11 is 3.44. The quantitative estimate of drug-likeness (QED) is 0.911. The lowest BCUT2D eigenvalue weighted by Crippen LogP contribution is -2.18. The molecule has 1 unspecified atom stereocenters. The largest absolute Gasteiger partial charge is 0.444 e. The summed E-state index contributed by atoms with van der Waals surface area (Å²) in [7, 11) is 0. The first-order valence-corrected chi connectivity index (χ1v) is 6.90. The van der Waals surface area contributed by atoms with Crippen molar-refractivity contribution < 1.29 is 4.42 Å². The lowest BCUT2D eigenvalue weighted by atomic mass is 10.1. The van der Waals surface area contributed by atoms with Gasteiger partial charge in [0, 0.05) is 16.9 Å². The van der Waals surface area contributed by atoms with Crippen molar-refractivity contribution in [2.75, 3.05) is 0 Å². The standard InChI is InChI=1S/C14H17BrN2O/c1-3-13-8-17-14(18-13)9-16-10(2)11-4-6-12(15)7-5-11/h4-8,10,16H,3,9H2,1-2H3. The maximum Gasteiger partial charge on any atom is 0.208 e. The molecule has 3 nitrogen and oxygen atoms in total. The Labute approximate surface area is 116 Å². The van der Waals surface area contributed by atoms with Crippen molar-refractivity contribution >= 4 is 15.9 Å². The maximum absolute atomic E-state index is 5.56. The third-order valence-corrected chi connectivity index (χ3v) is 3.41. The molecule has 0 saturated heterocycles. The van der Waals surface area contributed by atoms with E-state index in [2.05, 4.69) is 52.2 Å². The lowest BCUT2D eigenvalue weighted by Gasteiger charge is -2.12. The predicted molar refractivity (Wildman–Crippen MR) is 75.3 cm³/mol. The van der Waals surface area contributed by atoms with Crippen molar-refractivity contribution in [2.24, 2.45) is 0 Å². The van der Waals surface area contributed by atoms with Gasteiger partial charge >= 0.3 is 0 Å². The first-order chi connectivity index (χ1) is 8.69. The van der Waals surface area contributed by atoms with Crippen LogP contribution in [0.2, 0.25) is 0 Å².